The summed E-state index contributed by atoms with van der Waals surface area (Å²) < 4.78 is 30.3. The summed E-state index contributed by atoms with van der Waals surface area (Å²) in [6, 6.07) is 0.572. The van der Waals surface area contributed by atoms with Crippen molar-refractivity contribution in [3.63, 3.8) is 0 Å². The fourth-order valence-corrected chi connectivity index (χ4v) is 4.22. The van der Waals surface area contributed by atoms with Gasteiger partial charge < -0.3 is 15.0 Å². The lowest BCUT2D eigenvalue weighted by atomic mass is 10.2. The molecule has 26 heavy (non-hydrogen) atoms. The second-order valence-electron chi connectivity index (χ2n) is 6.59. The van der Waals surface area contributed by atoms with E-state index in [4.69, 9.17) is 4.74 Å². The van der Waals surface area contributed by atoms with Gasteiger partial charge in [0, 0.05) is 59.4 Å². The lowest BCUT2D eigenvalue weighted by molar-refractivity contribution is 0.0195. The average molecular weight is 503 g/mol. The molecule has 0 radical (unpaired) electrons. The van der Waals surface area contributed by atoms with Gasteiger partial charge in [-0.25, -0.2) is 12.7 Å². The minimum Gasteiger partial charge on any atom is -0.379 e. The minimum absolute atomic E-state index is 0. The Balaban J connectivity index is 0.00000338. The number of nitrogens with one attached hydrogen (secondary N) is 1. The first-order valence-electron chi connectivity index (χ1n) is 9.19. The van der Waals surface area contributed by atoms with E-state index in [1.165, 1.54) is 4.31 Å². The van der Waals surface area contributed by atoms with Crippen molar-refractivity contribution in [1.29, 1.82) is 0 Å². The highest BCUT2D eigenvalue weighted by molar-refractivity contribution is 14.0. The van der Waals surface area contributed by atoms with Crippen LogP contribution in [0.3, 0.4) is 0 Å². The molecule has 0 aromatic carbocycles. The van der Waals surface area contributed by atoms with E-state index in [1.807, 2.05) is 0 Å². The van der Waals surface area contributed by atoms with Gasteiger partial charge in [-0.05, 0) is 19.8 Å². The van der Waals surface area contributed by atoms with Gasteiger partial charge in [0.2, 0.25) is 10.0 Å². The van der Waals surface area contributed by atoms with Crippen LogP contribution in [0.15, 0.2) is 4.99 Å². The molecule has 2 heterocycles. The quantitative estimate of drug-likeness (QED) is 0.233. The van der Waals surface area contributed by atoms with Crippen LogP contribution >= 0.6 is 24.0 Å². The van der Waals surface area contributed by atoms with Gasteiger partial charge in [0.15, 0.2) is 5.96 Å². The van der Waals surface area contributed by atoms with Crippen molar-refractivity contribution in [3.05, 3.63) is 0 Å². The zero-order chi connectivity index (χ0) is 18.3. The van der Waals surface area contributed by atoms with Crippen molar-refractivity contribution in [1.82, 2.24) is 19.4 Å². The van der Waals surface area contributed by atoms with Crippen LogP contribution in [0.5, 0.6) is 0 Å². The van der Waals surface area contributed by atoms with Gasteiger partial charge >= 0.3 is 0 Å². The van der Waals surface area contributed by atoms with Crippen molar-refractivity contribution < 1.29 is 13.2 Å². The molecular formula is C16H34IN5O3S. The predicted molar refractivity (Wildman–Crippen MR) is 116 cm³/mol. The molecule has 1 N–H and O–H groups in total. The number of hydrogen-bond acceptors (Lipinski definition) is 5. The van der Waals surface area contributed by atoms with Crippen LogP contribution in [-0.2, 0) is 14.8 Å². The van der Waals surface area contributed by atoms with Crippen LogP contribution in [0.2, 0.25) is 0 Å². The Hall–Kier alpha value is -0.170. The van der Waals surface area contributed by atoms with Crippen molar-refractivity contribution >= 4 is 40.0 Å². The number of likely N-dealkylation sites (tertiary alicyclic amines) is 1. The maximum Gasteiger partial charge on any atom is 0.213 e. The van der Waals surface area contributed by atoms with Crippen molar-refractivity contribution in [3.8, 4) is 0 Å². The van der Waals surface area contributed by atoms with E-state index >= 15 is 0 Å². The summed E-state index contributed by atoms with van der Waals surface area (Å²) in [4.78, 5) is 9.20. The molecule has 0 aromatic heterocycles. The van der Waals surface area contributed by atoms with Gasteiger partial charge in [-0.2, -0.15) is 0 Å². The summed E-state index contributed by atoms with van der Waals surface area (Å²) in [5.74, 6) is 1.06. The number of hydrogen-bond donors (Lipinski definition) is 1. The Kier molecular flexibility index (Phi) is 10.7. The van der Waals surface area contributed by atoms with Gasteiger partial charge in [0.1, 0.15) is 0 Å². The molecule has 8 nitrogen and oxygen atoms in total. The normalized spacial score (nSPS) is 22.5. The Morgan fingerprint density at radius 2 is 2.00 bits per heavy atom. The molecular weight excluding hydrogens is 469 g/mol. The van der Waals surface area contributed by atoms with Crippen molar-refractivity contribution in [2.75, 3.05) is 72.3 Å². The number of nitrogens with zero attached hydrogens (tertiary/aromatic N) is 4. The summed E-state index contributed by atoms with van der Waals surface area (Å²) in [5.41, 5.74) is 0. The first-order chi connectivity index (χ1) is 12.0. The van der Waals surface area contributed by atoms with Crippen molar-refractivity contribution in [2.24, 2.45) is 4.99 Å². The Bertz CT molecular complexity index is 540. The maximum absolute atomic E-state index is 11.7. The van der Waals surface area contributed by atoms with Crippen LogP contribution in [-0.4, -0.2) is 107 Å². The summed E-state index contributed by atoms with van der Waals surface area (Å²) in [6.45, 7) is 8.60. The highest BCUT2D eigenvalue weighted by Gasteiger charge is 2.30. The molecule has 2 fully saturated rings. The molecule has 1 atom stereocenters. The predicted octanol–water partition coefficient (Wildman–Crippen LogP) is 0.258. The minimum atomic E-state index is -3.09. The lowest BCUT2D eigenvalue weighted by Gasteiger charge is -2.32. The van der Waals surface area contributed by atoms with E-state index < -0.39 is 10.0 Å². The summed E-state index contributed by atoms with van der Waals surface area (Å²) in [6.07, 6.45) is 1.91. The molecule has 2 aliphatic rings. The summed E-state index contributed by atoms with van der Waals surface area (Å²) >= 11 is 0. The van der Waals surface area contributed by atoms with Gasteiger partial charge in [-0.3, -0.25) is 9.89 Å². The third kappa shape index (κ3) is 6.77. The highest BCUT2D eigenvalue weighted by Crippen LogP contribution is 2.17. The monoisotopic (exact) mass is 503 g/mol. The van der Waals surface area contributed by atoms with Gasteiger partial charge in [-0.15, -0.1) is 24.0 Å². The molecule has 0 amide bonds. The van der Waals surface area contributed by atoms with E-state index in [9.17, 15) is 8.42 Å². The molecule has 0 bridgehead atoms. The average Bonchev–Trinajstić information content (AvgIpc) is 3.12. The Labute approximate surface area is 175 Å². The molecule has 0 saturated carbocycles. The molecule has 10 heteroatoms. The Morgan fingerprint density at radius 3 is 2.62 bits per heavy atom. The van der Waals surface area contributed by atoms with E-state index in [0.29, 0.717) is 12.6 Å². The van der Waals surface area contributed by atoms with E-state index in [0.717, 1.165) is 64.7 Å². The number of ether oxygens (including phenoxy) is 1. The molecule has 0 aliphatic carbocycles. The van der Waals surface area contributed by atoms with E-state index in [1.54, 1.807) is 21.0 Å². The van der Waals surface area contributed by atoms with E-state index in [-0.39, 0.29) is 29.7 Å². The zero-order valence-corrected chi connectivity index (χ0v) is 19.3. The van der Waals surface area contributed by atoms with Crippen LogP contribution in [0.4, 0.5) is 0 Å². The molecule has 2 rings (SSSR count). The summed E-state index contributed by atoms with van der Waals surface area (Å²) in [7, 11) is 0.353. The number of guanidine groups is 1. The standard InChI is InChI=1S/C16H33N5O3S.HI/c1-4-25(22,23)19(3)8-5-7-18-16(17-2)21-9-6-15(14-21)20-10-12-24-13-11-20;/h15H,4-14H2,1-3H3,(H,17,18);1H. The third-order valence-corrected chi connectivity index (χ3v) is 6.87. The van der Waals surface area contributed by atoms with Gasteiger partial charge in [-0.1, -0.05) is 0 Å². The van der Waals surface area contributed by atoms with Crippen LogP contribution in [0.1, 0.15) is 19.8 Å². The molecule has 0 spiro atoms. The number of rotatable bonds is 7. The smallest absolute Gasteiger partial charge is 0.213 e. The third-order valence-electron chi connectivity index (χ3n) is 5.01. The Morgan fingerprint density at radius 1 is 1.31 bits per heavy atom. The first-order valence-corrected chi connectivity index (χ1v) is 10.8. The molecule has 2 saturated heterocycles. The van der Waals surface area contributed by atoms with E-state index in [2.05, 4.69) is 20.1 Å². The van der Waals surface area contributed by atoms with Crippen LogP contribution in [0.25, 0.3) is 0 Å². The summed E-state index contributed by atoms with van der Waals surface area (Å²) in [5, 5.41) is 3.37. The molecule has 154 valence electrons. The van der Waals surface area contributed by atoms with Crippen LogP contribution in [0, 0.1) is 0 Å². The fourth-order valence-electron chi connectivity index (χ4n) is 3.37. The molecule has 0 aromatic rings. The zero-order valence-electron chi connectivity index (χ0n) is 16.2. The number of sulfonamides is 1. The van der Waals surface area contributed by atoms with Crippen LogP contribution < -0.4 is 5.32 Å². The lowest BCUT2D eigenvalue weighted by Crippen LogP contribution is -2.47. The first kappa shape index (κ1) is 23.9. The number of aliphatic imine (C=N–C) groups is 1. The molecule has 2 aliphatic heterocycles. The van der Waals surface area contributed by atoms with Gasteiger partial charge in [0.25, 0.3) is 0 Å². The highest BCUT2D eigenvalue weighted by atomic mass is 127. The van der Waals surface area contributed by atoms with Crippen molar-refractivity contribution in [2.45, 2.75) is 25.8 Å². The number of halogens is 1. The van der Waals surface area contributed by atoms with Gasteiger partial charge in [0.05, 0.1) is 19.0 Å². The SMILES string of the molecule is CCS(=O)(=O)N(C)CCCNC(=NC)N1CCC(N2CCOCC2)C1.I. The second kappa shape index (κ2) is 11.6. The molecule has 1 unspecified atom stereocenters. The fraction of sp³-hybridized carbons (Fsp3) is 0.938. The second-order valence-corrected chi connectivity index (χ2v) is 8.95. The largest absolute Gasteiger partial charge is 0.379 e. The topological polar surface area (TPSA) is 77.5 Å². The maximum atomic E-state index is 11.7. The number of morpholine rings is 1.